The summed E-state index contributed by atoms with van der Waals surface area (Å²) in [4.78, 5) is 0. The lowest BCUT2D eigenvalue weighted by Gasteiger charge is -2.20. The highest BCUT2D eigenvalue weighted by Gasteiger charge is 2.53. The van der Waals surface area contributed by atoms with Crippen molar-refractivity contribution < 1.29 is 9.84 Å². The maximum absolute atomic E-state index is 9.98. The molecule has 0 spiro atoms. The number of hydrogen-bond donors (Lipinski definition) is 1. The van der Waals surface area contributed by atoms with Gasteiger partial charge in [0.1, 0.15) is 5.60 Å². The first-order valence-electron chi connectivity index (χ1n) is 6.09. The lowest BCUT2D eigenvalue weighted by atomic mass is 10.0. The van der Waals surface area contributed by atoms with Crippen LogP contribution in [0, 0.1) is 0 Å². The molecule has 15 heavy (non-hydrogen) atoms. The van der Waals surface area contributed by atoms with Gasteiger partial charge in [-0.2, -0.15) is 0 Å². The number of ether oxygens (including phenoxy) is 1. The van der Waals surface area contributed by atoms with Crippen LogP contribution in [0.4, 0.5) is 0 Å². The van der Waals surface area contributed by atoms with Gasteiger partial charge in [-0.05, 0) is 12.0 Å². The van der Waals surface area contributed by atoms with Gasteiger partial charge in [-0.15, -0.1) is 0 Å². The molecule has 0 amide bonds. The van der Waals surface area contributed by atoms with E-state index in [0.29, 0.717) is 0 Å². The Morgan fingerprint density at radius 1 is 1.40 bits per heavy atom. The van der Waals surface area contributed by atoms with Gasteiger partial charge >= 0.3 is 0 Å². The van der Waals surface area contributed by atoms with E-state index < -0.39 is 0 Å². The van der Waals surface area contributed by atoms with Crippen molar-refractivity contribution in [2.45, 2.75) is 63.6 Å². The summed E-state index contributed by atoms with van der Waals surface area (Å²) in [6.45, 7) is 6.10. The minimum absolute atomic E-state index is 0.350. The molecule has 1 rings (SSSR count). The highest BCUT2D eigenvalue weighted by atomic mass is 16.5. The Labute approximate surface area is 93.3 Å². The van der Waals surface area contributed by atoms with Crippen LogP contribution in [0.5, 0.6) is 0 Å². The van der Waals surface area contributed by atoms with Crippen LogP contribution < -0.4 is 0 Å². The average Bonchev–Trinajstić information content (AvgIpc) is 2.90. The zero-order valence-corrected chi connectivity index (χ0v) is 10.1. The Hall–Kier alpha value is -0.340. The van der Waals surface area contributed by atoms with Gasteiger partial charge in [0, 0.05) is 13.5 Å². The van der Waals surface area contributed by atoms with E-state index >= 15 is 0 Å². The Balaban J connectivity index is 2.13. The molecule has 0 saturated heterocycles. The number of hydrogen-bond acceptors (Lipinski definition) is 2. The third-order valence-electron chi connectivity index (χ3n) is 3.43. The minimum atomic E-state index is -0.384. The molecule has 1 fully saturated rings. The van der Waals surface area contributed by atoms with Gasteiger partial charge < -0.3 is 9.84 Å². The van der Waals surface area contributed by atoms with Crippen molar-refractivity contribution in [2.75, 3.05) is 7.11 Å². The van der Waals surface area contributed by atoms with Gasteiger partial charge in [-0.25, -0.2) is 0 Å². The normalized spacial score (nSPS) is 26.7. The van der Waals surface area contributed by atoms with Gasteiger partial charge in [-0.1, -0.05) is 45.6 Å². The van der Waals surface area contributed by atoms with E-state index in [1.165, 1.54) is 25.7 Å². The largest absolute Gasteiger partial charge is 0.390 e. The molecular weight excluding hydrogens is 188 g/mol. The number of methoxy groups -OCH3 is 1. The van der Waals surface area contributed by atoms with Crippen LogP contribution in [0.1, 0.15) is 51.9 Å². The summed E-state index contributed by atoms with van der Waals surface area (Å²) >= 11 is 0. The summed E-state index contributed by atoms with van der Waals surface area (Å²) in [7, 11) is 1.67. The number of unbranched alkanes of at least 4 members (excludes halogenated alkanes) is 4. The smallest absolute Gasteiger partial charge is 0.118 e. The van der Waals surface area contributed by atoms with Crippen molar-refractivity contribution in [3.63, 3.8) is 0 Å². The lowest BCUT2D eigenvalue weighted by molar-refractivity contribution is -0.0269. The molecule has 0 aromatic heterocycles. The molecule has 2 heteroatoms. The van der Waals surface area contributed by atoms with Crippen molar-refractivity contribution >= 4 is 0 Å². The standard InChI is InChI=1S/C13H24O2/c1-4-5-6-7-8-9-12(14)13(15-3)10-11(13)2/h12,14H,2,4-10H2,1,3H3/t12-,13+/m1/s1. The lowest BCUT2D eigenvalue weighted by Crippen LogP contribution is -2.30. The second kappa shape index (κ2) is 5.66. The quantitative estimate of drug-likeness (QED) is 0.495. The Kier molecular flexibility index (Phi) is 4.81. The average molecular weight is 212 g/mol. The van der Waals surface area contributed by atoms with E-state index in [1.807, 2.05) is 0 Å². The molecule has 1 aliphatic rings. The predicted molar refractivity (Wildman–Crippen MR) is 62.9 cm³/mol. The molecular formula is C13H24O2. The van der Waals surface area contributed by atoms with Crippen LogP contribution >= 0.6 is 0 Å². The summed E-state index contributed by atoms with van der Waals surface area (Å²) < 4.78 is 5.35. The molecule has 0 aromatic rings. The molecule has 0 aromatic carbocycles. The fourth-order valence-corrected chi connectivity index (χ4v) is 2.15. The summed E-state index contributed by atoms with van der Waals surface area (Å²) in [5, 5.41) is 9.98. The van der Waals surface area contributed by atoms with Gasteiger partial charge in [-0.3, -0.25) is 0 Å². The zero-order chi connectivity index (χ0) is 11.3. The Morgan fingerprint density at radius 2 is 2.00 bits per heavy atom. The summed E-state index contributed by atoms with van der Waals surface area (Å²) in [5.74, 6) is 0. The maximum Gasteiger partial charge on any atom is 0.118 e. The zero-order valence-electron chi connectivity index (χ0n) is 10.1. The SMILES string of the molecule is C=C1C[C@@]1(OC)[C@H](O)CCCCCCC. The predicted octanol–water partition coefficient (Wildman–Crippen LogP) is 3.05. The first-order valence-corrected chi connectivity index (χ1v) is 6.09. The minimum Gasteiger partial charge on any atom is -0.390 e. The van der Waals surface area contributed by atoms with Crippen molar-refractivity contribution in [1.82, 2.24) is 0 Å². The monoisotopic (exact) mass is 212 g/mol. The van der Waals surface area contributed by atoms with Gasteiger partial charge in [0.05, 0.1) is 6.10 Å². The van der Waals surface area contributed by atoms with Crippen LogP contribution in [0.15, 0.2) is 12.2 Å². The molecule has 88 valence electrons. The number of aliphatic hydroxyl groups excluding tert-OH is 1. The van der Waals surface area contributed by atoms with E-state index in [-0.39, 0.29) is 11.7 Å². The highest BCUT2D eigenvalue weighted by molar-refractivity contribution is 5.35. The third kappa shape index (κ3) is 3.05. The van der Waals surface area contributed by atoms with E-state index in [1.54, 1.807) is 7.11 Å². The first kappa shape index (κ1) is 12.7. The molecule has 0 unspecified atom stereocenters. The van der Waals surface area contributed by atoms with Crippen LogP contribution in [0.2, 0.25) is 0 Å². The molecule has 0 radical (unpaired) electrons. The molecule has 0 heterocycles. The van der Waals surface area contributed by atoms with E-state index in [0.717, 1.165) is 24.8 Å². The summed E-state index contributed by atoms with van der Waals surface area (Å²) in [6.07, 6.45) is 7.49. The van der Waals surface area contributed by atoms with E-state index in [4.69, 9.17) is 4.74 Å². The third-order valence-corrected chi connectivity index (χ3v) is 3.43. The van der Waals surface area contributed by atoms with Crippen molar-refractivity contribution in [3.05, 3.63) is 12.2 Å². The molecule has 1 saturated carbocycles. The van der Waals surface area contributed by atoms with E-state index in [9.17, 15) is 5.11 Å². The highest BCUT2D eigenvalue weighted by Crippen LogP contribution is 2.48. The van der Waals surface area contributed by atoms with E-state index in [2.05, 4.69) is 13.5 Å². The molecule has 2 atom stereocenters. The van der Waals surface area contributed by atoms with Gasteiger partial charge in [0.2, 0.25) is 0 Å². The van der Waals surface area contributed by atoms with Crippen LogP contribution in [-0.4, -0.2) is 23.9 Å². The topological polar surface area (TPSA) is 29.5 Å². The molecule has 0 bridgehead atoms. The van der Waals surface area contributed by atoms with Crippen LogP contribution in [0.3, 0.4) is 0 Å². The second-order valence-electron chi connectivity index (χ2n) is 4.59. The summed E-state index contributed by atoms with van der Waals surface area (Å²) in [6, 6.07) is 0. The van der Waals surface area contributed by atoms with Crippen molar-refractivity contribution in [3.8, 4) is 0 Å². The Bertz CT molecular complexity index is 213. The summed E-state index contributed by atoms with van der Waals surface area (Å²) in [5.41, 5.74) is 0.663. The molecule has 0 aliphatic heterocycles. The maximum atomic E-state index is 9.98. The number of rotatable bonds is 8. The fraction of sp³-hybridized carbons (Fsp3) is 0.846. The molecule has 2 nitrogen and oxygen atoms in total. The number of aliphatic hydroxyl groups is 1. The second-order valence-corrected chi connectivity index (χ2v) is 4.59. The van der Waals surface area contributed by atoms with Gasteiger partial charge in [0.15, 0.2) is 0 Å². The van der Waals surface area contributed by atoms with Crippen molar-refractivity contribution in [2.24, 2.45) is 0 Å². The van der Waals surface area contributed by atoms with Crippen LogP contribution in [-0.2, 0) is 4.74 Å². The fourth-order valence-electron chi connectivity index (χ4n) is 2.15. The molecule has 1 aliphatic carbocycles. The Morgan fingerprint density at radius 3 is 2.47 bits per heavy atom. The van der Waals surface area contributed by atoms with Crippen LogP contribution in [0.25, 0.3) is 0 Å². The first-order chi connectivity index (χ1) is 7.17. The van der Waals surface area contributed by atoms with Gasteiger partial charge in [0.25, 0.3) is 0 Å². The van der Waals surface area contributed by atoms with Crippen molar-refractivity contribution in [1.29, 1.82) is 0 Å². The molecule has 1 N–H and O–H groups in total.